The zero-order chi connectivity index (χ0) is 18.5. The van der Waals surface area contributed by atoms with Crippen molar-refractivity contribution in [1.82, 2.24) is 24.5 Å². The Hall–Kier alpha value is -2.78. The number of nitrogens with zero attached hydrogens (tertiary/aromatic N) is 5. The van der Waals surface area contributed by atoms with Gasteiger partial charge in [-0.05, 0) is 12.1 Å². The fourth-order valence-corrected chi connectivity index (χ4v) is 2.52. The summed E-state index contributed by atoms with van der Waals surface area (Å²) in [5.74, 6) is 0.418. The van der Waals surface area contributed by atoms with Crippen molar-refractivity contribution in [3.63, 3.8) is 0 Å². The lowest BCUT2D eigenvalue weighted by atomic mass is 10.3. The van der Waals surface area contributed by atoms with Crippen LogP contribution in [-0.2, 0) is 9.47 Å². The zero-order valence-electron chi connectivity index (χ0n) is 15.1. The number of rotatable bonds is 8. The molecule has 0 bridgehead atoms. The molecule has 9 nitrogen and oxygen atoms in total. The maximum Gasteiger partial charge on any atom is 0.293 e. The van der Waals surface area contributed by atoms with E-state index in [1.807, 2.05) is 24.3 Å². The number of para-hydroxylation sites is 2. The molecule has 0 aliphatic carbocycles. The van der Waals surface area contributed by atoms with Crippen LogP contribution in [0.25, 0.3) is 16.7 Å². The Morgan fingerprint density at radius 1 is 1.19 bits per heavy atom. The third-order valence-electron chi connectivity index (χ3n) is 3.93. The van der Waals surface area contributed by atoms with Crippen LogP contribution in [0.1, 0.15) is 10.6 Å². The van der Waals surface area contributed by atoms with Gasteiger partial charge in [-0.2, -0.15) is 4.98 Å². The van der Waals surface area contributed by atoms with Gasteiger partial charge < -0.3 is 19.7 Å². The summed E-state index contributed by atoms with van der Waals surface area (Å²) in [4.78, 5) is 23.2. The van der Waals surface area contributed by atoms with E-state index < -0.39 is 0 Å². The Balaban J connectivity index is 2.03. The largest absolute Gasteiger partial charge is 0.383 e. The Bertz CT molecular complexity index is 910. The molecule has 0 aliphatic rings. The molecule has 9 heteroatoms. The van der Waals surface area contributed by atoms with Crippen molar-refractivity contribution < 1.29 is 14.3 Å². The van der Waals surface area contributed by atoms with Crippen LogP contribution >= 0.6 is 0 Å². The van der Waals surface area contributed by atoms with Crippen molar-refractivity contribution in [3.8, 4) is 0 Å². The molecule has 0 saturated carbocycles. The Morgan fingerprint density at radius 3 is 2.73 bits per heavy atom. The lowest BCUT2D eigenvalue weighted by molar-refractivity contribution is 0.0733. The van der Waals surface area contributed by atoms with Gasteiger partial charge in [0.05, 0.1) is 24.2 Å². The molecule has 0 saturated heterocycles. The Kier molecular flexibility index (Phi) is 5.59. The number of amides is 1. The number of methoxy groups -OCH3 is 2. The number of benzene rings is 1. The molecule has 1 aromatic carbocycles. The van der Waals surface area contributed by atoms with Crippen LogP contribution in [0.2, 0.25) is 0 Å². The highest BCUT2D eigenvalue weighted by molar-refractivity contribution is 5.92. The van der Waals surface area contributed by atoms with Crippen LogP contribution in [0.15, 0.2) is 24.3 Å². The number of carbonyl (C=O) groups is 1. The molecular weight excluding hydrogens is 336 g/mol. The number of hydrogen-bond donors (Lipinski definition) is 1. The predicted octanol–water partition coefficient (Wildman–Crippen LogP) is 1.05. The predicted molar refractivity (Wildman–Crippen MR) is 97.5 cm³/mol. The number of hydrogen-bond acceptors (Lipinski definition) is 7. The molecule has 0 aliphatic heterocycles. The molecule has 3 rings (SSSR count). The molecule has 0 unspecified atom stereocenters. The highest BCUT2D eigenvalue weighted by Crippen LogP contribution is 2.20. The van der Waals surface area contributed by atoms with Gasteiger partial charge in [0.25, 0.3) is 5.91 Å². The first-order valence-electron chi connectivity index (χ1n) is 8.28. The summed E-state index contributed by atoms with van der Waals surface area (Å²) >= 11 is 0. The Morgan fingerprint density at radius 2 is 1.96 bits per heavy atom. The van der Waals surface area contributed by atoms with Crippen LogP contribution in [0.5, 0.6) is 0 Å². The third-order valence-corrected chi connectivity index (χ3v) is 3.93. The van der Waals surface area contributed by atoms with Crippen molar-refractivity contribution in [1.29, 1.82) is 0 Å². The van der Waals surface area contributed by atoms with Crippen LogP contribution in [-0.4, -0.2) is 78.0 Å². The SMILES string of the molecule is COCCNc1nc2ccccc2n2nc(C(=O)N(C)CCOC)nc12. The molecule has 2 aromatic heterocycles. The lowest BCUT2D eigenvalue weighted by Crippen LogP contribution is -2.30. The van der Waals surface area contributed by atoms with E-state index in [-0.39, 0.29) is 11.7 Å². The minimum absolute atomic E-state index is 0.122. The van der Waals surface area contributed by atoms with Crippen molar-refractivity contribution >= 4 is 28.4 Å². The fraction of sp³-hybridized carbons (Fsp3) is 0.412. The maximum atomic E-state index is 12.6. The van der Waals surface area contributed by atoms with Crippen LogP contribution < -0.4 is 5.32 Å². The summed E-state index contributed by atoms with van der Waals surface area (Å²) in [5.41, 5.74) is 2.05. The van der Waals surface area contributed by atoms with Crippen LogP contribution in [0.3, 0.4) is 0 Å². The van der Waals surface area contributed by atoms with Gasteiger partial charge in [0.1, 0.15) is 0 Å². The van der Waals surface area contributed by atoms with Crippen LogP contribution in [0.4, 0.5) is 5.82 Å². The summed E-state index contributed by atoms with van der Waals surface area (Å²) in [6, 6.07) is 7.59. The molecule has 1 amide bonds. The second-order valence-electron chi connectivity index (χ2n) is 5.76. The first kappa shape index (κ1) is 18.0. The highest BCUT2D eigenvalue weighted by atomic mass is 16.5. The molecule has 1 N–H and O–H groups in total. The number of aromatic nitrogens is 4. The topological polar surface area (TPSA) is 93.9 Å². The minimum atomic E-state index is -0.266. The molecule has 26 heavy (non-hydrogen) atoms. The zero-order valence-corrected chi connectivity index (χ0v) is 15.1. The molecule has 0 fully saturated rings. The van der Waals surface area contributed by atoms with Gasteiger partial charge in [0.15, 0.2) is 11.5 Å². The van der Waals surface area contributed by atoms with Gasteiger partial charge in [0, 0.05) is 34.4 Å². The van der Waals surface area contributed by atoms with E-state index in [1.165, 1.54) is 4.90 Å². The summed E-state index contributed by atoms with van der Waals surface area (Å²) in [6.07, 6.45) is 0. The van der Waals surface area contributed by atoms with E-state index in [9.17, 15) is 4.79 Å². The van der Waals surface area contributed by atoms with Gasteiger partial charge in [-0.1, -0.05) is 12.1 Å². The molecule has 0 atom stereocenters. The molecule has 0 spiro atoms. The summed E-state index contributed by atoms with van der Waals surface area (Å²) in [6.45, 7) is 2.01. The standard InChI is InChI=1S/C17H22N6O3/c1-22(9-11-26-3)17(24)15-20-16-14(18-8-10-25-2)19-12-6-4-5-7-13(12)23(16)21-15/h4-7H,8-11H2,1-3H3,(H,18,19). The fourth-order valence-electron chi connectivity index (χ4n) is 2.52. The lowest BCUT2D eigenvalue weighted by Gasteiger charge is -2.13. The van der Waals surface area contributed by atoms with Crippen molar-refractivity contribution in [3.05, 3.63) is 30.1 Å². The maximum absolute atomic E-state index is 12.6. The normalized spacial score (nSPS) is 11.2. The summed E-state index contributed by atoms with van der Waals surface area (Å²) in [7, 11) is 4.92. The van der Waals surface area contributed by atoms with Gasteiger partial charge in [-0.3, -0.25) is 4.79 Å². The van der Waals surface area contributed by atoms with Gasteiger partial charge in [0.2, 0.25) is 5.82 Å². The average molecular weight is 358 g/mol. The number of nitrogens with one attached hydrogen (secondary N) is 1. The van der Waals surface area contributed by atoms with Crippen molar-refractivity contribution in [2.24, 2.45) is 0 Å². The number of fused-ring (bicyclic) bond motifs is 3. The molecular formula is C17H22N6O3. The molecule has 3 aromatic rings. The quantitative estimate of drug-likeness (QED) is 0.602. The van der Waals surface area contributed by atoms with Gasteiger partial charge in [-0.25, -0.2) is 9.50 Å². The van der Waals surface area contributed by atoms with Crippen LogP contribution in [0, 0.1) is 0 Å². The van der Waals surface area contributed by atoms with E-state index in [0.717, 1.165) is 11.0 Å². The summed E-state index contributed by atoms with van der Waals surface area (Å²) < 4.78 is 11.7. The smallest absolute Gasteiger partial charge is 0.293 e. The number of ether oxygens (including phenoxy) is 2. The van der Waals surface area contributed by atoms with E-state index in [1.54, 1.807) is 25.8 Å². The van der Waals surface area contributed by atoms with E-state index in [0.29, 0.717) is 37.8 Å². The highest BCUT2D eigenvalue weighted by Gasteiger charge is 2.20. The average Bonchev–Trinajstić information content (AvgIpc) is 3.11. The third kappa shape index (κ3) is 3.58. The monoisotopic (exact) mass is 358 g/mol. The number of likely N-dealkylation sites (N-methyl/N-ethyl adjacent to an activating group) is 1. The number of anilines is 1. The minimum Gasteiger partial charge on any atom is -0.383 e. The molecule has 138 valence electrons. The van der Waals surface area contributed by atoms with Crippen molar-refractivity contribution in [2.75, 3.05) is 52.9 Å². The molecule has 0 radical (unpaired) electrons. The molecule has 2 heterocycles. The van der Waals surface area contributed by atoms with E-state index in [4.69, 9.17) is 9.47 Å². The van der Waals surface area contributed by atoms with E-state index >= 15 is 0 Å². The van der Waals surface area contributed by atoms with Gasteiger partial charge in [-0.15, -0.1) is 5.10 Å². The number of carbonyl (C=O) groups excluding carboxylic acids is 1. The first-order valence-corrected chi connectivity index (χ1v) is 8.28. The van der Waals surface area contributed by atoms with Gasteiger partial charge >= 0.3 is 0 Å². The van der Waals surface area contributed by atoms with Crippen molar-refractivity contribution in [2.45, 2.75) is 0 Å². The van der Waals surface area contributed by atoms with E-state index in [2.05, 4.69) is 20.4 Å². The first-order chi connectivity index (χ1) is 12.7. The summed E-state index contributed by atoms with van der Waals surface area (Å²) in [5, 5.41) is 7.61. The second-order valence-corrected chi connectivity index (χ2v) is 5.76. The second kappa shape index (κ2) is 8.07. The Labute approximate surface area is 150 Å².